The first-order valence-electron chi connectivity index (χ1n) is 5.49. The molecule has 0 unspecified atom stereocenters. The molecule has 0 fully saturated rings. The van der Waals surface area contributed by atoms with Crippen molar-refractivity contribution < 1.29 is 4.42 Å². The molecule has 0 aliphatic heterocycles. The van der Waals surface area contributed by atoms with Crippen molar-refractivity contribution in [2.45, 2.75) is 0 Å². The zero-order valence-electron chi connectivity index (χ0n) is 9.68. The minimum atomic E-state index is -0.334. The van der Waals surface area contributed by atoms with E-state index in [1.807, 2.05) is 48.3 Å². The Morgan fingerprint density at radius 3 is 2.78 bits per heavy atom. The zero-order chi connectivity index (χ0) is 12.7. The van der Waals surface area contributed by atoms with Gasteiger partial charge in [0.05, 0.1) is 0 Å². The van der Waals surface area contributed by atoms with Gasteiger partial charge in [-0.05, 0) is 24.3 Å². The molecular weight excluding hydrogens is 294 g/mol. The van der Waals surface area contributed by atoms with Gasteiger partial charge in [0.1, 0.15) is 5.58 Å². The Bertz CT molecular complexity index is 786. The lowest BCUT2D eigenvalue weighted by Crippen LogP contribution is -1.97. The van der Waals surface area contributed by atoms with Crippen LogP contribution in [-0.4, -0.2) is 4.57 Å². The third kappa shape index (κ3) is 1.88. The molecule has 3 nitrogen and oxygen atoms in total. The Balaban J connectivity index is 2.38. The maximum absolute atomic E-state index is 11.6. The summed E-state index contributed by atoms with van der Waals surface area (Å²) in [7, 11) is 1.95. The Morgan fingerprint density at radius 1 is 1.22 bits per heavy atom. The molecule has 2 aromatic heterocycles. The lowest BCUT2D eigenvalue weighted by Gasteiger charge is -2.03. The third-order valence-electron chi connectivity index (χ3n) is 2.85. The number of fused-ring (bicyclic) bond motifs is 1. The second kappa shape index (κ2) is 4.14. The first-order valence-corrected chi connectivity index (χ1v) is 6.28. The molecule has 1 aromatic carbocycles. The van der Waals surface area contributed by atoms with Crippen molar-refractivity contribution in [1.29, 1.82) is 0 Å². The average molecular weight is 304 g/mol. The molecule has 0 aliphatic carbocycles. The predicted molar refractivity (Wildman–Crippen MR) is 74.6 cm³/mol. The van der Waals surface area contributed by atoms with Crippen LogP contribution in [0.5, 0.6) is 0 Å². The molecule has 0 bridgehead atoms. The molecule has 90 valence electrons. The lowest BCUT2D eigenvalue weighted by atomic mass is 10.1. The van der Waals surface area contributed by atoms with E-state index in [4.69, 9.17) is 4.42 Å². The highest BCUT2D eigenvalue weighted by Gasteiger charge is 2.08. The van der Waals surface area contributed by atoms with Gasteiger partial charge in [0.2, 0.25) is 0 Å². The number of hydrogen-bond donors (Lipinski definition) is 0. The Labute approximate surface area is 112 Å². The van der Waals surface area contributed by atoms with Crippen LogP contribution in [0.2, 0.25) is 0 Å². The minimum absolute atomic E-state index is 0.334. The van der Waals surface area contributed by atoms with E-state index in [2.05, 4.69) is 15.9 Å². The Morgan fingerprint density at radius 2 is 2.06 bits per heavy atom. The normalized spacial score (nSPS) is 11.0. The molecule has 0 aliphatic rings. The van der Waals surface area contributed by atoms with Gasteiger partial charge in [-0.3, -0.25) is 0 Å². The van der Waals surface area contributed by atoms with E-state index in [1.165, 1.54) is 6.07 Å². The molecule has 0 N–H and O–H groups in total. The summed E-state index contributed by atoms with van der Waals surface area (Å²) in [6.07, 6.45) is 3.94. The van der Waals surface area contributed by atoms with Crippen LogP contribution in [0.3, 0.4) is 0 Å². The van der Waals surface area contributed by atoms with Crippen molar-refractivity contribution in [3.8, 4) is 11.1 Å². The number of benzene rings is 1. The smallest absolute Gasteiger partial charge is 0.336 e. The fourth-order valence-corrected chi connectivity index (χ4v) is 2.38. The molecular formula is C14H10BrNO2. The van der Waals surface area contributed by atoms with Crippen LogP contribution in [0.25, 0.3) is 22.1 Å². The quantitative estimate of drug-likeness (QED) is 0.644. The first-order chi connectivity index (χ1) is 8.63. The molecule has 0 radical (unpaired) electrons. The van der Waals surface area contributed by atoms with Crippen LogP contribution in [0.1, 0.15) is 0 Å². The molecule has 2 heterocycles. The van der Waals surface area contributed by atoms with Crippen molar-refractivity contribution >= 4 is 26.9 Å². The van der Waals surface area contributed by atoms with E-state index in [0.29, 0.717) is 5.58 Å². The molecule has 0 saturated heterocycles. The highest BCUT2D eigenvalue weighted by atomic mass is 79.9. The molecule has 3 aromatic rings. The van der Waals surface area contributed by atoms with Crippen LogP contribution >= 0.6 is 15.9 Å². The van der Waals surface area contributed by atoms with Gasteiger partial charge in [0, 0.05) is 46.5 Å². The van der Waals surface area contributed by atoms with E-state index in [-0.39, 0.29) is 5.63 Å². The Hall–Kier alpha value is -1.81. The number of hydrogen-bond acceptors (Lipinski definition) is 2. The number of halogens is 1. The largest absolute Gasteiger partial charge is 0.423 e. The number of nitrogens with zero attached hydrogens (tertiary/aromatic N) is 1. The summed E-state index contributed by atoms with van der Waals surface area (Å²) in [5, 5.41) is 0.934. The zero-order valence-corrected chi connectivity index (χ0v) is 11.3. The van der Waals surface area contributed by atoms with E-state index in [9.17, 15) is 4.79 Å². The summed E-state index contributed by atoms with van der Waals surface area (Å²) in [6.45, 7) is 0. The van der Waals surface area contributed by atoms with Crippen molar-refractivity contribution in [3.63, 3.8) is 0 Å². The van der Waals surface area contributed by atoms with Gasteiger partial charge in [0.25, 0.3) is 0 Å². The fraction of sp³-hybridized carbons (Fsp3) is 0.0714. The summed E-state index contributed by atoms with van der Waals surface area (Å²) in [6, 6.07) is 9.21. The summed E-state index contributed by atoms with van der Waals surface area (Å²) in [5.74, 6) is 0. The van der Waals surface area contributed by atoms with Gasteiger partial charge < -0.3 is 8.98 Å². The highest BCUT2D eigenvalue weighted by Crippen LogP contribution is 2.29. The SMILES string of the molecule is Cn1ccc(-c2cc(=O)oc3cc(Br)ccc23)c1. The average Bonchev–Trinajstić information content (AvgIpc) is 2.74. The third-order valence-corrected chi connectivity index (χ3v) is 3.34. The second-order valence-electron chi connectivity index (χ2n) is 4.19. The van der Waals surface area contributed by atoms with E-state index < -0.39 is 0 Å². The van der Waals surface area contributed by atoms with Gasteiger partial charge >= 0.3 is 5.63 Å². The fourth-order valence-electron chi connectivity index (χ4n) is 2.04. The van der Waals surface area contributed by atoms with Crippen LogP contribution < -0.4 is 5.63 Å². The second-order valence-corrected chi connectivity index (χ2v) is 5.10. The van der Waals surface area contributed by atoms with Gasteiger partial charge in [0.15, 0.2) is 0 Å². The minimum Gasteiger partial charge on any atom is -0.423 e. The van der Waals surface area contributed by atoms with Crippen molar-refractivity contribution in [2.24, 2.45) is 7.05 Å². The standard InChI is InChI=1S/C14H10BrNO2/c1-16-5-4-9(8-16)12-7-14(17)18-13-6-10(15)2-3-11(12)13/h2-8H,1H3. The Kier molecular flexibility index (Phi) is 2.59. The molecule has 0 spiro atoms. The summed E-state index contributed by atoms with van der Waals surface area (Å²) < 4.78 is 8.06. The molecule has 18 heavy (non-hydrogen) atoms. The molecule has 0 saturated carbocycles. The van der Waals surface area contributed by atoms with Gasteiger partial charge in [-0.25, -0.2) is 4.79 Å². The van der Waals surface area contributed by atoms with Crippen molar-refractivity contribution in [2.75, 3.05) is 0 Å². The summed E-state index contributed by atoms with van der Waals surface area (Å²) in [4.78, 5) is 11.6. The maximum Gasteiger partial charge on any atom is 0.336 e. The van der Waals surface area contributed by atoms with E-state index in [1.54, 1.807) is 0 Å². The van der Waals surface area contributed by atoms with Gasteiger partial charge in [-0.2, -0.15) is 0 Å². The topological polar surface area (TPSA) is 35.1 Å². The van der Waals surface area contributed by atoms with Crippen LogP contribution in [0.15, 0.2) is 56.4 Å². The molecule has 3 rings (SSSR count). The van der Waals surface area contributed by atoms with E-state index in [0.717, 1.165) is 21.0 Å². The first kappa shape index (κ1) is 11.3. The summed E-state index contributed by atoms with van der Waals surface area (Å²) in [5.41, 5.74) is 2.17. The van der Waals surface area contributed by atoms with Crippen molar-refractivity contribution in [3.05, 3.63) is 57.6 Å². The maximum atomic E-state index is 11.6. The highest BCUT2D eigenvalue weighted by molar-refractivity contribution is 9.10. The van der Waals surface area contributed by atoms with Crippen LogP contribution in [-0.2, 0) is 7.05 Å². The van der Waals surface area contributed by atoms with Crippen LogP contribution in [0.4, 0.5) is 0 Å². The van der Waals surface area contributed by atoms with Gasteiger partial charge in [-0.15, -0.1) is 0 Å². The number of aromatic nitrogens is 1. The number of aryl methyl sites for hydroxylation is 1. The molecule has 4 heteroatoms. The van der Waals surface area contributed by atoms with Crippen molar-refractivity contribution in [1.82, 2.24) is 4.57 Å². The van der Waals surface area contributed by atoms with Crippen LogP contribution in [0, 0.1) is 0 Å². The predicted octanol–water partition coefficient (Wildman–Crippen LogP) is 3.56. The van der Waals surface area contributed by atoms with Gasteiger partial charge in [-0.1, -0.05) is 15.9 Å². The summed E-state index contributed by atoms with van der Waals surface area (Å²) >= 11 is 3.38. The monoisotopic (exact) mass is 303 g/mol. The van der Waals surface area contributed by atoms with E-state index >= 15 is 0 Å². The molecule has 0 atom stereocenters. The molecule has 0 amide bonds. The number of rotatable bonds is 1. The lowest BCUT2D eigenvalue weighted by molar-refractivity contribution is 0.561.